The topological polar surface area (TPSA) is 112 Å². The van der Waals surface area contributed by atoms with E-state index in [-0.39, 0.29) is 4.90 Å². The van der Waals surface area contributed by atoms with Crippen LogP contribution in [0, 0.1) is 6.92 Å². The summed E-state index contributed by atoms with van der Waals surface area (Å²) in [6, 6.07) is 16.5. The van der Waals surface area contributed by atoms with Crippen LogP contribution >= 0.6 is 0 Å². The third kappa shape index (κ3) is 4.58. The Labute approximate surface area is 192 Å². The summed E-state index contributed by atoms with van der Waals surface area (Å²) < 4.78 is 27.3. The van der Waals surface area contributed by atoms with Crippen molar-refractivity contribution in [2.24, 2.45) is 5.14 Å². The number of nitrogens with two attached hydrogens (primary N) is 1. The molecule has 0 saturated heterocycles. The van der Waals surface area contributed by atoms with E-state index in [2.05, 4.69) is 26.6 Å². The number of rotatable bonds is 6. The fourth-order valence-electron chi connectivity index (χ4n) is 4.17. The first kappa shape index (κ1) is 21.5. The van der Waals surface area contributed by atoms with Crippen LogP contribution < -0.4 is 5.14 Å². The molecule has 0 saturated carbocycles. The number of nitrogens with zero attached hydrogens (tertiary/aromatic N) is 6. The number of fused-ring (bicyclic) bond motifs is 1. The monoisotopic (exact) mass is 463 g/mol. The number of aryl methyl sites for hydroxylation is 1. The zero-order valence-corrected chi connectivity index (χ0v) is 19.1. The molecule has 2 N–H and O–H groups in total. The SMILES string of the molecule is Cc1ncc2n1CCN(Cc1nc(Cc3ccccc3)n(-c3ccc(S(N)(=O)=O)cc3)n1)C2. The Morgan fingerprint density at radius 3 is 2.52 bits per heavy atom. The molecule has 0 unspecified atom stereocenters. The van der Waals surface area contributed by atoms with Gasteiger partial charge in [0.2, 0.25) is 10.0 Å². The number of primary sulfonamides is 1. The number of imidazole rings is 1. The van der Waals surface area contributed by atoms with Gasteiger partial charge in [0.05, 0.1) is 22.8 Å². The van der Waals surface area contributed by atoms with Gasteiger partial charge in [-0.05, 0) is 36.8 Å². The molecule has 2 aromatic heterocycles. The number of benzene rings is 2. The molecule has 0 amide bonds. The van der Waals surface area contributed by atoms with Crippen molar-refractivity contribution < 1.29 is 8.42 Å². The third-order valence-electron chi connectivity index (χ3n) is 5.86. The van der Waals surface area contributed by atoms with E-state index in [1.807, 2.05) is 31.3 Å². The number of aromatic nitrogens is 5. The van der Waals surface area contributed by atoms with Crippen LogP contribution in [0.2, 0.25) is 0 Å². The normalized spacial score (nSPS) is 14.4. The summed E-state index contributed by atoms with van der Waals surface area (Å²) in [5.74, 6) is 2.55. The minimum atomic E-state index is -3.76. The Hall–Kier alpha value is -3.34. The van der Waals surface area contributed by atoms with E-state index in [1.165, 1.54) is 17.8 Å². The Morgan fingerprint density at radius 2 is 1.79 bits per heavy atom. The molecule has 0 spiro atoms. The number of hydrogen-bond acceptors (Lipinski definition) is 6. The minimum Gasteiger partial charge on any atom is -0.330 e. The van der Waals surface area contributed by atoms with Crippen molar-refractivity contribution >= 4 is 10.0 Å². The fourth-order valence-corrected chi connectivity index (χ4v) is 4.68. The van der Waals surface area contributed by atoms with Crippen LogP contribution in [0.5, 0.6) is 0 Å². The molecule has 170 valence electrons. The molecule has 1 aliphatic heterocycles. The number of sulfonamides is 1. The highest BCUT2D eigenvalue weighted by Gasteiger charge is 2.21. The molecule has 0 fully saturated rings. The van der Waals surface area contributed by atoms with Crippen LogP contribution in [-0.4, -0.2) is 44.2 Å². The highest BCUT2D eigenvalue weighted by atomic mass is 32.2. The standard InChI is InChI=1S/C23H25N7O2S/c1-17-25-14-20-15-28(11-12-29(17)20)16-22-26-23(13-18-5-3-2-4-6-18)30(27-22)19-7-9-21(10-8-19)33(24,31)32/h2-10,14H,11-13,15-16H2,1H3,(H2,24,31,32). The zero-order valence-electron chi connectivity index (χ0n) is 18.3. The van der Waals surface area contributed by atoms with Crippen molar-refractivity contribution in [3.63, 3.8) is 0 Å². The molecule has 0 bridgehead atoms. The van der Waals surface area contributed by atoms with E-state index in [1.54, 1.807) is 16.8 Å². The molecule has 4 aromatic rings. The molecular weight excluding hydrogens is 438 g/mol. The molecule has 2 aromatic carbocycles. The first-order valence-electron chi connectivity index (χ1n) is 10.7. The molecule has 9 nitrogen and oxygen atoms in total. The quantitative estimate of drug-likeness (QED) is 0.468. The van der Waals surface area contributed by atoms with E-state index >= 15 is 0 Å². The van der Waals surface area contributed by atoms with Gasteiger partial charge in [0.25, 0.3) is 0 Å². The van der Waals surface area contributed by atoms with Crippen LogP contribution in [0.15, 0.2) is 65.7 Å². The Morgan fingerprint density at radius 1 is 1.03 bits per heavy atom. The van der Waals surface area contributed by atoms with Gasteiger partial charge < -0.3 is 4.57 Å². The molecule has 5 rings (SSSR count). The first-order chi connectivity index (χ1) is 15.9. The van der Waals surface area contributed by atoms with Gasteiger partial charge in [-0.15, -0.1) is 5.10 Å². The highest BCUT2D eigenvalue weighted by molar-refractivity contribution is 7.89. The van der Waals surface area contributed by atoms with Gasteiger partial charge in [-0.2, -0.15) is 0 Å². The summed E-state index contributed by atoms with van der Waals surface area (Å²) in [6.07, 6.45) is 2.54. The predicted molar refractivity (Wildman–Crippen MR) is 123 cm³/mol. The molecule has 1 aliphatic rings. The lowest BCUT2D eigenvalue weighted by molar-refractivity contribution is 0.207. The lowest BCUT2D eigenvalue weighted by Crippen LogP contribution is -2.33. The minimum absolute atomic E-state index is 0.0661. The van der Waals surface area contributed by atoms with Gasteiger partial charge in [-0.3, -0.25) is 4.90 Å². The van der Waals surface area contributed by atoms with Crippen molar-refractivity contribution in [3.05, 3.63) is 89.5 Å². The maximum absolute atomic E-state index is 11.6. The highest BCUT2D eigenvalue weighted by Crippen LogP contribution is 2.19. The molecule has 33 heavy (non-hydrogen) atoms. The fraction of sp³-hybridized carbons (Fsp3) is 0.261. The van der Waals surface area contributed by atoms with Crippen LogP contribution in [0.25, 0.3) is 5.69 Å². The maximum Gasteiger partial charge on any atom is 0.238 e. The summed E-state index contributed by atoms with van der Waals surface area (Å²) in [5, 5.41) is 10.0. The average molecular weight is 464 g/mol. The van der Waals surface area contributed by atoms with Crippen molar-refractivity contribution in [1.82, 2.24) is 29.2 Å². The van der Waals surface area contributed by atoms with E-state index in [9.17, 15) is 8.42 Å². The van der Waals surface area contributed by atoms with E-state index in [0.29, 0.717) is 13.0 Å². The van der Waals surface area contributed by atoms with Crippen LogP contribution in [0.1, 0.15) is 28.7 Å². The first-order valence-corrected chi connectivity index (χ1v) is 12.3. The average Bonchev–Trinajstić information content (AvgIpc) is 3.37. The molecule has 0 aliphatic carbocycles. The van der Waals surface area contributed by atoms with E-state index in [4.69, 9.17) is 15.2 Å². The second kappa shape index (κ2) is 8.54. The summed E-state index contributed by atoms with van der Waals surface area (Å²) >= 11 is 0. The van der Waals surface area contributed by atoms with Crippen LogP contribution in [0.4, 0.5) is 0 Å². The molecule has 10 heteroatoms. The lowest BCUT2D eigenvalue weighted by Gasteiger charge is -2.27. The molecule has 0 radical (unpaired) electrons. The predicted octanol–water partition coefficient (Wildman–Crippen LogP) is 2.03. The Balaban J connectivity index is 1.44. The van der Waals surface area contributed by atoms with Gasteiger partial charge in [0.1, 0.15) is 11.6 Å². The van der Waals surface area contributed by atoms with Crippen LogP contribution in [-0.2, 0) is 36.1 Å². The van der Waals surface area contributed by atoms with Crippen molar-refractivity contribution in [2.75, 3.05) is 6.54 Å². The van der Waals surface area contributed by atoms with E-state index in [0.717, 1.165) is 48.4 Å². The summed E-state index contributed by atoms with van der Waals surface area (Å²) in [4.78, 5) is 11.6. The van der Waals surface area contributed by atoms with Gasteiger partial charge in [-0.1, -0.05) is 30.3 Å². The summed E-state index contributed by atoms with van der Waals surface area (Å²) in [6.45, 7) is 5.24. The molecule has 3 heterocycles. The lowest BCUT2D eigenvalue weighted by atomic mass is 10.1. The Bertz CT molecular complexity index is 1380. The van der Waals surface area contributed by atoms with Gasteiger partial charge in [-0.25, -0.2) is 28.2 Å². The van der Waals surface area contributed by atoms with E-state index < -0.39 is 10.0 Å². The smallest absolute Gasteiger partial charge is 0.238 e. The summed E-state index contributed by atoms with van der Waals surface area (Å²) in [7, 11) is -3.76. The maximum atomic E-state index is 11.6. The second-order valence-electron chi connectivity index (χ2n) is 8.22. The Kier molecular flexibility index (Phi) is 5.57. The van der Waals surface area contributed by atoms with Gasteiger partial charge >= 0.3 is 0 Å². The van der Waals surface area contributed by atoms with Crippen LogP contribution in [0.3, 0.4) is 0 Å². The zero-order chi connectivity index (χ0) is 23.0. The van der Waals surface area contributed by atoms with Crippen molar-refractivity contribution in [3.8, 4) is 5.69 Å². The largest absolute Gasteiger partial charge is 0.330 e. The number of hydrogen-bond donors (Lipinski definition) is 1. The molecule has 0 atom stereocenters. The molecular formula is C23H25N7O2S. The third-order valence-corrected chi connectivity index (χ3v) is 6.79. The van der Waals surface area contributed by atoms with Gasteiger partial charge in [0, 0.05) is 32.3 Å². The van der Waals surface area contributed by atoms with Crippen molar-refractivity contribution in [1.29, 1.82) is 0 Å². The summed E-state index contributed by atoms with van der Waals surface area (Å²) in [5.41, 5.74) is 3.05. The van der Waals surface area contributed by atoms with Crippen molar-refractivity contribution in [2.45, 2.75) is 37.9 Å². The van der Waals surface area contributed by atoms with Gasteiger partial charge in [0.15, 0.2) is 5.82 Å². The second-order valence-corrected chi connectivity index (χ2v) is 9.78.